The van der Waals surface area contributed by atoms with Gasteiger partial charge >= 0.3 is 0 Å². The van der Waals surface area contributed by atoms with Gasteiger partial charge in [0.1, 0.15) is 0 Å². The molecule has 0 aromatic heterocycles. The zero-order valence-electron chi connectivity index (χ0n) is 6.21. The van der Waals surface area contributed by atoms with Crippen molar-refractivity contribution in [2.75, 3.05) is 11.5 Å². The van der Waals surface area contributed by atoms with E-state index in [2.05, 4.69) is 30.5 Å². The van der Waals surface area contributed by atoms with Crippen LogP contribution in [0, 0.1) is 0 Å². The van der Waals surface area contributed by atoms with Gasteiger partial charge in [0, 0.05) is 9.79 Å². The summed E-state index contributed by atoms with van der Waals surface area (Å²) in [4.78, 5) is 2.53. The van der Waals surface area contributed by atoms with E-state index in [4.69, 9.17) is 11.6 Å². The molecule has 0 nitrogen and oxygen atoms in total. The molecule has 0 saturated carbocycles. The first-order chi connectivity index (χ1) is 5.36. The molecule has 60 valence electrons. The fraction of sp³-hybridized carbons (Fsp3) is 0.250. The minimum absolute atomic E-state index is 0.624. The van der Waals surface area contributed by atoms with E-state index < -0.39 is 0 Å². The fourth-order valence-electron chi connectivity index (χ4n) is 0.735. The number of benzene rings is 1. The topological polar surface area (TPSA) is 0 Å². The summed E-state index contributed by atoms with van der Waals surface area (Å²) in [5.41, 5.74) is 0. The Labute approximate surface area is 80.7 Å². The zero-order chi connectivity index (χ0) is 8.10. The highest BCUT2D eigenvalue weighted by atomic mass is 35.5. The van der Waals surface area contributed by atoms with Crippen LogP contribution < -0.4 is 0 Å². The van der Waals surface area contributed by atoms with Gasteiger partial charge in [-0.15, -0.1) is 35.1 Å². The zero-order valence-corrected chi connectivity index (χ0v) is 8.60. The van der Waals surface area contributed by atoms with E-state index >= 15 is 0 Å². The molecule has 1 rings (SSSR count). The molecule has 0 radical (unpaired) electrons. The molecule has 3 heteroatoms. The fourth-order valence-corrected chi connectivity index (χ4v) is 1.98. The minimum Gasteiger partial charge on any atom is -0.130 e. The van der Waals surface area contributed by atoms with Crippen LogP contribution in [-0.2, 0) is 0 Å². The number of thioether (sulfide) groups is 2. The third-order valence-electron chi connectivity index (χ3n) is 1.28. The van der Waals surface area contributed by atoms with Crippen LogP contribution in [0.1, 0.15) is 0 Å². The van der Waals surface area contributed by atoms with Crippen LogP contribution in [0.5, 0.6) is 0 Å². The summed E-state index contributed by atoms with van der Waals surface area (Å²) in [5.74, 6) is 0. The van der Waals surface area contributed by atoms with Crippen molar-refractivity contribution in [3.63, 3.8) is 0 Å². The Kier molecular flexibility index (Phi) is 4.20. The van der Waals surface area contributed by atoms with Crippen molar-refractivity contribution in [3.05, 3.63) is 24.3 Å². The Morgan fingerprint density at radius 1 is 1.18 bits per heavy atom. The molecule has 0 fully saturated rings. The second kappa shape index (κ2) is 4.96. The average molecular weight is 205 g/mol. The molecule has 0 aliphatic carbocycles. The molecule has 11 heavy (non-hydrogen) atoms. The van der Waals surface area contributed by atoms with Crippen molar-refractivity contribution < 1.29 is 0 Å². The standard InChI is InChI=1S/C8H9ClS2/c1-10-7-2-4-8(5-3-7)11-6-9/h2-5H,6H2,1H3. The lowest BCUT2D eigenvalue weighted by atomic mass is 10.4. The van der Waals surface area contributed by atoms with Gasteiger partial charge in [-0.05, 0) is 30.5 Å². The van der Waals surface area contributed by atoms with E-state index in [1.54, 1.807) is 23.5 Å². The highest BCUT2D eigenvalue weighted by Crippen LogP contribution is 2.22. The molecule has 1 aromatic rings. The number of alkyl halides is 1. The number of rotatable bonds is 3. The van der Waals surface area contributed by atoms with Gasteiger partial charge < -0.3 is 0 Å². The predicted molar refractivity (Wildman–Crippen MR) is 54.8 cm³/mol. The van der Waals surface area contributed by atoms with E-state index in [-0.39, 0.29) is 0 Å². The van der Waals surface area contributed by atoms with Gasteiger partial charge in [0.05, 0.1) is 5.21 Å². The third-order valence-corrected chi connectivity index (χ3v) is 3.07. The van der Waals surface area contributed by atoms with E-state index in [1.165, 1.54) is 9.79 Å². The maximum absolute atomic E-state index is 5.57. The summed E-state index contributed by atoms with van der Waals surface area (Å²) < 4.78 is 0. The highest BCUT2D eigenvalue weighted by Gasteiger charge is 1.91. The van der Waals surface area contributed by atoms with Crippen molar-refractivity contribution in [1.29, 1.82) is 0 Å². The second-order valence-corrected chi connectivity index (χ2v) is 4.44. The van der Waals surface area contributed by atoms with Gasteiger partial charge in [-0.25, -0.2) is 0 Å². The van der Waals surface area contributed by atoms with Gasteiger partial charge in [0.25, 0.3) is 0 Å². The summed E-state index contributed by atoms with van der Waals surface area (Å²) >= 11 is 8.97. The molecule has 0 spiro atoms. The van der Waals surface area contributed by atoms with Crippen molar-refractivity contribution in [2.45, 2.75) is 9.79 Å². The molecule has 0 unspecified atom stereocenters. The highest BCUT2D eigenvalue weighted by molar-refractivity contribution is 8.00. The molecule has 0 heterocycles. The van der Waals surface area contributed by atoms with E-state index in [9.17, 15) is 0 Å². The lowest BCUT2D eigenvalue weighted by Gasteiger charge is -1.98. The second-order valence-electron chi connectivity index (χ2n) is 1.93. The van der Waals surface area contributed by atoms with Crippen LogP contribution in [0.3, 0.4) is 0 Å². The quantitative estimate of drug-likeness (QED) is 0.544. The Bertz CT molecular complexity index is 208. The molecule has 0 saturated heterocycles. The van der Waals surface area contributed by atoms with Crippen LogP contribution >= 0.6 is 35.1 Å². The molecular weight excluding hydrogens is 196 g/mol. The maximum Gasteiger partial charge on any atom is 0.0727 e. The van der Waals surface area contributed by atoms with Crippen LogP contribution in [0.2, 0.25) is 0 Å². The Morgan fingerprint density at radius 3 is 2.18 bits per heavy atom. The van der Waals surface area contributed by atoms with Gasteiger partial charge in [-0.3, -0.25) is 0 Å². The Balaban J connectivity index is 2.66. The predicted octanol–water partition coefficient (Wildman–Crippen LogP) is 3.70. The number of halogens is 1. The van der Waals surface area contributed by atoms with Crippen LogP contribution in [0.25, 0.3) is 0 Å². The van der Waals surface area contributed by atoms with Crippen LogP contribution in [0.15, 0.2) is 34.1 Å². The summed E-state index contributed by atoms with van der Waals surface area (Å²) in [6.07, 6.45) is 2.07. The summed E-state index contributed by atoms with van der Waals surface area (Å²) in [5, 5.41) is 0.624. The Morgan fingerprint density at radius 2 is 1.73 bits per heavy atom. The van der Waals surface area contributed by atoms with Gasteiger partial charge in [-0.2, -0.15) is 0 Å². The van der Waals surface area contributed by atoms with Gasteiger partial charge in [0.15, 0.2) is 0 Å². The maximum atomic E-state index is 5.57. The summed E-state index contributed by atoms with van der Waals surface area (Å²) in [6.45, 7) is 0. The van der Waals surface area contributed by atoms with Crippen molar-refractivity contribution in [2.24, 2.45) is 0 Å². The van der Waals surface area contributed by atoms with E-state index in [0.717, 1.165) is 0 Å². The first-order valence-electron chi connectivity index (χ1n) is 3.19. The van der Waals surface area contributed by atoms with E-state index in [0.29, 0.717) is 5.21 Å². The molecule has 0 bridgehead atoms. The summed E-state index contributed by atoms with van der Waals surface area (Å²) in [6, 6.07) is 8.41. The van der Waals surface area contributed by atoms with Crippen molar-refractivity contribution in [1.82, 2.24) is 0 Å². The van der Waals surface area contributed by atoms with Crippen molar-refractivity contribution >= 4 is 35.1 Å². The molecule has 0 amide bonds. The third kappa shape index (κ3) is 2.97. The first kappa shape index (κ1) is 9.30. The number of hydrogen-bond donors (Lipinski definition) is 0. The van der Waals surface area contributed by atoms with Gasteiger partial charge in [-0.1, -0.05) is 0 Å². The largest absolute Gasteiger partial charge is 0.130 e. The molecule has 0 aliphatic rings. The lowest BCUT2D eigenvalue weighted by Crippen LogP contribution is -1.71. The van der Waals surface area contributed by atoms with Gasteiger partial charge in [0.2, 0.25) is 0 Å². The summed E-state index contributed by atoms with van der Waals surface area (Å²) in [7, 11) is 0. The van der Waals surface area contributed by atoms with Crippen molar-refractivity contribution in [3.8, 4) is 0 Å². The normalized spacial score (nSPS) is 10.0. The average Bonchev–Trinajstić information content (AvgIpc) is 2.07. The van der Waals surface area contributed by atoms with Crippen LogP contribution in [0.4, 0.5) is 0 Å². The number of hydrogen-bond acceptors (Lipinski definition) is 2. The molecule has 0 atom stereocenters. The molecule has 0 N–H and O–H groups in total. The Hall–Kier alpha value is 0.210. The SMILES string of the molecule is CSc1ccc(SCCl)cc1. The monoisotopic (exact) mass is 204 g/mol. The van der Waals surface area contributed by atoms with E-state index in [1.807, 2.05) is 0 Å². The van der Waals surface area contributed by atoms with Crippen LogP contribution in [-0.4, -0.2) is 11.5 Å². The lowest BCUT2D eigenvalue weighted by molar-refractivity contribution is 1.36. The molecule has 1 aromatic carbocycles. The minimum atomic E-state index is 0.624. The molecular formula is C8H9ClS2. The first-order valence-corrected chi connectivity index (χ1v) is 5.94. The molecule has 0 aliphatic heterocycles. The smallest absolute Gasteiger partial charge is 0.0727 e.